The van der Waals surface area contributed by atoms with Gasteiger partial charge in [0.25, 0.3) is 0 Å². The summed E-state index contributed by atoms with van der Waals surface area (Å²) < 4.78 is 5.38. The van der Waals surface area contributed by atoms with Crippen LogP contribution >= 0.6 is 0 Å². The van der Waals surface area contributed by atoms with Crippen LogP contribution in [0.2, 0.25) is 0 Å². The van der Waals surface area contributed by atoms with Gasteiger partial charge in [0, 0.05) is 18.5 Å². The van der Waals surface area contributed by atoms with Crippen molar-refractivity contribution in [3.63, 3.8) is 0 Å². The second-order valence-corrected chi connectivity index (χ2v) is 6.26. The molecule has 2 atom stereocenters. The van der Waals surface area contributed by atoms with Crippen LogP contribution in [0.3, 0.4) is 0 Å². The van der Waals surface area contributed by atoms with Crippen molar-refractivity contribution >= 4 is 17.8 Å². The van der Waals surface area contributed by atoms with E-state index in [4.69, 9.17) is 4.74 Å². The van der Waals surface area contributed by atoms with Gasteiger partial charge in [-0.25, -0.2) is 4.98 Å². The summed E-state index contributed by atoms with van der Waals surface area (Å²) >= 11 is 0. The number of aromatic nitrogens is 2. The third-order valence-corrected chi connectivity index (χ3v) is 3.07. The van der Waals surface area contributed by atoms with E-state index in [2.05, 4.69) is 15.3 Å². The molecule has 1 heterocycles. The van der Waals surface area contributed by atoms with Gasteiger partial charge in [0.2, 0.25) is 11.9 Å². The number of hydrogen-bond acceptors (Lipinski definition) is 4. The Morgan fingerprint density at radius 1 is 1.40 bits per heavy atom. The molecular formula is C14H21N3O3. The quantitative estimate of drug-likeness (QED) is 0.830. The van der Waals surface area contributed by atoms with E-state index in [9.17, 15) is 9.59 Å². The second-order valence-electron chi connectivity index (χ2n) is 6.26. The molecule has 0 aromatic carbocycles. The SMILES string of the molecule is CC(=O)Nc1nc([C@H]2C[C@@H]2C(=O)OC(C)(C)C)c(C)[nH]1. The van der Waals surface area contributed by atoms with E-state index in [1.54, 1.807) is 0 Å². The van der Waals surface area contributed by atoms with E-state index < -0.39 is 5.60 Å². The topological polar surface area (TPSA) is 84.1 Å². The molecule has 1 fully saturated rings. The first-order valence-electron chi connectivity index (χ1n) is 6.74. The smallest absolute Gasteiger partial charge is 0.310 e. The molecule has 0 bridgehead atoms. The van der Waals surface area contributed by atoms with E-state index in [0.29, 0.717) is 5.95 Å². The number of amides is 1. The number of anilines is 1. The predicted molar refractivity (Wildman–Crippen MR) is 74.3 cm³/mol. The number of aryl methyl sites for hydroxylation is 1. The summed E-state index contributed by atoms with van der Waals surface area (Å²) in [6.45, 7) is 8.89. The lowest BCUT2D eigenvalue weighted by atomic mass is 10.2. The maximum absolute atomic E-state index is 12.0. The molecule has 1 saturated carbocycles. The molecule has 110 valence electrons. The fraction of sp³-hybridized carbons (Fsp3) is 0.643. The minimum absolute atomic E-state index is 0.0867. The minimum atomic E-state index is -0.466. The molecule has 1 aromatic rings. The molecule has 2 N–H and O–H groups in total. The van der Waals surface area contributed by atoms with Crippen molar-refractivity contribution in [3.8, 4) is 0 Å². The molecule has 0 saturated heterocycles. The maximum Gasteiger partial charge on any atom is 0.310 e. The summed E-state index contributed by atoms with van der Waals surface area (Å²) in [5, 5.41) is 2.61. The Balaban J connectivity index is 2.03. The van der Waals surface area contributed by atoms with E-state index in [1.165, 1.54) is 6.92 Å². The number of nitrogens with one attached hydrogen (secondary N) is 2. The lowest BCUT2D eigenvalue weighted by Crippen LogP contribution is -2.25. The standard InChI is InChI=1S/C14H21N3O3/c1-7-11(17-13(15-7)16-8(2)18)9-6-10(9)12(19)20-14(3,4)5/h9-10H,6H2,1-5H3,(H2,15,16,17,18)/t9-,10-/m0/s1. The highest BCUT2D eigenvalue weighted by Gasteiger charge is 2.48. The molecular weight excluding hydrogens is 258 g/mol. The Kier molecular flexibility index (Phi) is 3.58. The number of esters is 1. The summed E-state index contributed by atoms with van der Waals surface area (Å²) in [4.78, 5) is 30.3. The van der Waals surface area contributed by atoms with Gasteiger partial charge in [0.05, 0.1) is 11.6 Å². The zero-order valence-corrected chi connectivity index (χ0v) is 12.5. The normalized spacial score (nSPS) is 21.4. The number of ether oxygens (including phenoxy) is 1. The fourth-order valence-corrected chi connectivity index (χ4v) is 2.20. The summed E-state index contributed by atoms with van der Waals surface area (Å²) in [6, 6.07) is 0. The number of rotatable bonds is 3. The van der Waals surface area contributed by atoms with Crippen LogP contribution in [-0.2, 0) is 14.3 Å². The van der Waals surface area contributed by atoms with E-state index in [1.807, 2.05) is 27.7 Å². The van der Waals surface area contributed by atoms with Gasteiger partial charge in [0.15, 0.2) is 0 Å². The molecule has 0 unspecified atom stereocenters. The number of hydrogen-bond donors (Lipinski definition) is 2. The molecule has 2 rings (SSSR count). The van der Waals surface area contributed by atoms with Crippen LogP contribution in [0.1, 0.15) is 51.4 Å². The Morgan fingerprint density at radius 3 is 2.60 bits per heavy atom. The molecule has 20 heavy (non-hydrogen) atoms. The highest BCUT2D eigenvalue weighted by molar-refractivity contribution is 5.86. The highest BCUT2D eigenvalue weighted by atomic mass is 16.6. The summed E-state index contributed by atoms with van der Waals surface area (Å²) in [5.74, 6) is 0.0422. The first-order valence-corrected chi connectivity index (χ1v) is 6.74. The van der Waals surface area contributed by atoms with Gasteiger partial charge in [0.1, 0.15) is 5.60 Å². The lowest BCUT2D eigenvalue weighted by Gasteiger charge is -2.19. The fourth-order valence-electron chi connectivity index (χ4n) is 2.20. The van der Waals surface area contributed by atoms with Crippen molar-refractivity contribution in [2.75, 3.05) is 5.32 Å². The number of imidazole rings is 1. The Hall–Kier alpha value is -1.85. The van der Waals surface area contributed by atoms with Crippen LogP contribution in [-0.4, -0.2) is 27.4 Å². The molecule has 1 aliphatic rings. The Bertz CT molecular complexity index is 542. The largest absolute Gasteiger partial charge is 0.460 e. The zero-order valence-electron chi connectivity index (χ0n) is 12.5. The van der Waals surface area contributed by atoms with Crippen molar-refractivity contribution in [1.29, 1.82) is 0 Å². The van der Waals surface area contributed by atoms with Crippen LogP contribution in [0.4, 0.5) is 5.95 Å². The highest BCUT2D eigenvalue weighted by Crippen LogP contribution is 2.49. The van der Waals surface area contributed by atoms with Crippen molar-refractivity contribution in [2.24, 2.45) is 5.92 Å². The van der Waals surface area contributed by atoms with Crippen molar-refractivity contribution in [3.05, 3.63) is 11.4 Å². The molecule has 1 aliphatic carbocycles. The van der Waals surface area contributed by atoms with Gasteiger partial charge in [-0.3, -0.25) is 14.9 Å². The van der Waals surface area contributed by atoms with Gasteiger partial charge in [-0.15, -0.1) is 0 Å². The third-order valence-electron chi connectivity index (χ3n) is 3.07. The van der Waals surface area contributed by atoms with Gasteiger partial charge in [-0.2, -0.15) is 0 Å². The number of nitrogens with zero attached hydrogens (tertiary/aromatic N) is 1. The number of carbonyl (C=O) groups excluding carboxylic acids is 2. The van der Waals surface area contributed by atoms with Gasteiger partial charge in [-0.05, 0) is 34.1 Å². The molecule has 6 nitrogen and oxygen atoms in total. The summed E-state index contributed by atoms with van der Waals surface area (Å²) in [5.41, 5.74) is 1.25. The number of H-pyrrole nitrogens is 1. The summed E-state index contributed by atoms with van der Waals surface area (Å²) in [7, 11) is 0. The third kappa shape index (κ3) is 3.37. The van der Waals surface area contributed by atoms with Crippen LogP contribution in [0.25, 0.3) is 0 Å². The average molecular weight is 279 g/mol. The average Bonchev–Trinajstić information content (AvgIpc) is 2.95. The first-order chi connectivity index (χ1) is 9.17. The van der Waals surface area contributed by atoms with Crippen LogP contribution in [0, 0.1) is 12.8 Å². The van der Waals surface area contributed by atoms with E-state index >= 15 is 0 Å². The van der Waals surface area contributed by atoms with Crippen molar-refractivity contribution in [1.82, 2.24) is 9.97 Å². The molecule has 6 heteroatoms. The molecule has 0 spiro atoms. The van der Waals surface area contributed by atoms with Gasteiger partial charge < -0.3 is 9.72 Å². The Labute approximate surface area is 118 Å². The molecule has 0 aliphatic heterocycles. The van der Waals surface area contributed by atoms with Crippen molar-refractivity contribution in [2.45, 2.75) is 52.6 Å². The zero-order chi connectivity index (χ0) is 15.1. The Morgan fingerprint density at radius 2 is 2.05 bits per heavy atom. The number of aromatic amines is 1. The van der Waals surface area contributed by atoms with E-state index in [-0.39, 0.29) is 23.7 Å². The van der Waals surface area contributed by atoms with Crippen LogP contribution < -0.4 is 5.32 Å². The summed E-state index contributed by atoms with van der Waals surface area (Å²) in [6.07, 6.45) is 0.750. The van der Waals surface area contributed by atoms with E-state index in [0.717, 1.165) is 17.8 Å². The molecule has 1 aromatic heterocycles. The molecule has 0 radical (unpaired) electrons. The first kappa shape index (κ1) is 14.6. The maximum atomic E-state index is 12.0. The van der Waals surface area contributed by atoms with Crippen LogP contribution in [0.5, 0.6) is 0 Å². The molecule has 1 amide bonds. The monoisotopic (exact) mass is 279 g/mol. The van der Waals surface area contributed by atoms with Crippen LogP contribution in [0.15, 0.2) is 0 Å². The van der Waals surface area contributed by atoms with Gasteiger partial charge in [-0.1, -0.05) is 0 Å². The minimum Gasteiger partial charge on any atom is -0.460 e. The number of carbonyl (C=O) groups is 2. The van der Waals surface area contributed by atoms with Crippen molar-refractivity contribution < 1.29 is 14.3 Å². The predicted octanol–water partition coefficient (Wildman–Crippen LogP) is 2.12. The van der Waals surface area contributed by atoms with Gasteiger partial charge >= 0.3 is 5.97 Å². The second kappa shape index (κ2) is 4.92. The lowest BCUT2D eigenvalue weighted by molar-refractivity contribution is -0.156.